The van der Waals surface area contributed by atoms with Crippen molar-refractivity contribution in [3.8, 4) is 0 Å². The summed E-state index contributed by atoms with van der Waals surface area (Å²) < 4.78 is 0. The van der Waals surface area contributed by atoms with Gasteiger partial charge in [0.15, 0.2) is 0 Å². The molecule has 2 heterocycles. The van der Waals surface area contributed by atoms with E-state index in [2.05, 4.69) is 35.4 Å². The number of aromatic nitrogens is 2. The molecule has 1 aliphatic heterocycles. The van der Waals surface area contributed by atoms with Crippen molar-refractivity contribution >= 4 is 0 Å². The Morgan fingerprint density at radius 2 is 2.00 bits per heavy atom. The number of nitrogens with zero attached hydrogens (tertiary/aromatic N) is 1. The summed E-state index contributed by atoms with van der Waals surface area (Å²) in [5, 5.41) is 10.3. The SMILES string of the molecule is CCC.c1cc(C2CCNCC2)[nH]n1. The maximum absolute atomic E-state index is 3.95. The molecule has 0 spiro atoms. The predicted molar refractivity (Wildman–Crippen MR) is 59.4 cm³/mol. The highest BCUT2D eigenvalue weighted by molar-refractivity contribution is 5.06. The molecule has 1 aromatic heterocycles. The van der Waals surface area contributed by atoms with E-state index in [1.165, 1.54) is 25.0 Å². The molecule has 3 nitrogen and oxygen atoms in total. The highest BCUT2D eigenvalue weighted by Gasteiger charge is 2.15. The first kappa shape index (κ1) is 11.2. The first-order valence-corrected chi connectivity index (χ1v) is 5.58. The van der Waals surface area contributed by atoms with E-state index in [0.29, 0.717) is 5.92 Å². The highest BCUT2D eigenvalue weighted by atomic mass is 15.1. The average molecular weight is 195 g/mol. The molecule has 0 unspecified atom stereocenters. The number of H-pyrrole nitrogens is 1. The molecule has 0 aliphatic carbocycles. The predicted octanol–water partition coefficient (Wildman–Crippen LogP) is 2.29. The van der Waals surface area contributed by atoms with Gasteiger partial charge in [0.25, 0.3) is 0 Å². The van der Waals surface area contributed by atoms with Crippen LogP contribution in [-0.2, 0) is 0 Å². The molecule has 1 aliphatic rings. The van der Waals surface area contributed by atoms with Gasteiger partial charge in [-0.25, -0.2) is 0 Å². The third kappa shape index (κ3) is 3.50. The molecular formula is C11H21N3. The van der Waals surface area contributed by atoms with Crippen molar-refractivity contribution in [3.63, 3.8) is 0 Å². The van der Waals surface area contributed by atoms with Crippen LogP contribution in [0.1, 0.15) is 44.7 Å². The summed E-state index contributed by atoms with van der Waals surface area (Å²) in [6, 6.07) is 2.08. The van der Waals surface area contributed by atoms with Crippen molar-refractivity contribution < 1.29 is 0 Å². The number of nitrogens with one attached hydrogen (secondary N) is 2. The lowest BCUT2D eigenvalue weighted by Gasteiger charge is -2.20. The van der Waals surface area contributed by atoms with Crippen LogP contribution < -0.4 is 5.32 Å². The minimum absolute atomic E-state index is 0.707. The Kier molecular flexibility index (Phi) is 5.30. The molecule has 1 fully saturated rings. The molecule has 0 atom stereocenters. The maximum Gasteiger partial charge on any atom is 0.0490 e. The van der Waals surface area contributed by atoms with Crippen LogP contribution in [0.25, 0.3) is 0 Å². The van der Waals surface area contributed by atoms with E-state index in [0.717, 1.165) is 13.1 Å². The lowest BCUT2D eigenvalue weighted by atomic mass is 9.95. The van der Waals surface area contributed by atoms with Crippen molar-refractivity contribution in [2.75, 3.05) is 13.1 Å². The monoisotopic (exact) mass is 195 g/mol. The topological polar surface area (TPSA) is 40.7 Å². The van der Waals surface area contributed by atoms with Gasteiger partial charge >= 0.3 is 0 Å². The molecule has 2 rings (SSSR count). The molecule has 1 saturated heterocycles. The van der Waals surface area contributed by atoms with Crippen LogP contribution in [0.3, 0.4) is 0 Å². The van der Waals surface area contributed by atoms with Crippen molar-refractivity contribution in [2.24, 2.45) is 0 Å². The Morgan fingerprint density at radius 3 is 2.50 bits per heavy atom. The Balaban J connectivity index is 0.000000293. The summed E-state index contributed by atoms with van der Waals surface area (Å²) in [4.78, 5) is 0. The van der Waals surface area contributed by atoms with Crippen LogP contribution in [-0.4, -0.2) is 23.3 Å². The van der Waals surface area contributed by atoms with E-state index in [-0.39, 0.29) is 0 Å². The highest BCUT2D eigenvalue weighted by Crippen LogP contribution is 2.22. The Labute approximate surface area is 86.3 Å². The van der Waals surface area contributed by atoms with Crippen molar-refractivity contribution in [3.05, 3.63) is 18.0 Å². The molecule has 0 amide bonds. The maximum atomic E-state index is 3.95. The molecule has 3 heteroatoms. The van der Waals surface area contributed by atoms with Gasteiger partial charge in [-0.1, -0.05) is 20.3 Å². The fraction of sp³-hybridized carbons (Fsp3) is 0.727. The number of hydrogen-bond acceptors (Lipinski definition) is 2. The first-order valence-electron chi connectivity index (χ1n) is 5.58. The van der Waals surface area contributed by atoms with Gasteiger partial charge in [0, 0.05) is 17.8 Å². The second-order valence-electron chi connectivity index (χ2n) is 3.74. The molecule has 0 saturated carbocycles. The summed E-state index contributed by atoms with van der Waals surface area (Å²) in [6.07, 6.45) is 5.56. The molecular weight excluding hydrogens is 174 g/mol. The largest absolute Gasteiger partial charge is 0.317 e. The van der Waals surface area contributed by atoms with Gasteiger partial charge in [-0.05, 0) is 32.0 Å². The van der Waals surface area contributed by atoms with E-state index >= 15 is 0 Å². The van der Waals surface area contributed by atoms with Crippen molar-refractivity contribution in [2.45, 2.75) is 39.0 Å². The molecule has 0 aromatic carbocycles. The zero-order valence-electron chi connectivity index (χ0n) is 9.21. The summed E-state index contributed by atoms with van der Waals surface area (Å²) >= 11 is 0. The van der Waals surface area contributed by atoms with Gasteiger partial charge in [0.1, 0.15) is 0 Å². The second kappa shape index (κ2) is 6.60. The van der Waals surface area contributed by atoms with Crippen LogP contribution in [0.5, 0.6) is 0 Å². The summed E-state index contributed by atoms with van der Waals surface area (Å²) in [6.45, 7) is 6.54. The third-order valence-corrected chi connectivity index (χ3v) is 2.30. The summed E-state index contributed by atoms with van der Waals surface area (Å²) in [5.74, 6) is 0.707. The zero-order valence-corrected chi connectivity index (χ0v) is 9.21. The van der Waals surface area contributed by atoms with E-state index in [1.807, 2.05) is 6.20 Å². The van der Waals surface area contributed by atoms with E-state index in [9.17, 15) is 0 Å². The quantitative estimate of drug-likeness (QED) is 0.722. The Hall–Kier alpha value is -0.830. The van der Waals surface area contributed by atoms with Gasteiger partial charge in [0.2, 0.25) is 0 Å². The van der Waals surface area contributed by atoms with E-state index in [1.54, 1.807) is 0 Å². The van der Waals surface area contributed by atoms with E-state index < -0.39 is 0 Å². The minimum atomic E-state index is 0.707. The zero-order chi connectivity index (χ0) is 10.2. The Morgan fingerprint density at radius 1 is 1.36 bits per heavy atom. The van der Waals surface area contributed by atoms with Gasteiger partial charge < -0.3 is 5.32 Å². The smallest absolute Gasteiger partial charge is 0.0490 e. The minimum Gasteiger partial charge on any atom is -0.317 e. The molecule has 0 bridgehead atoms. The van der Waals surface area contributed by atoms with Crippen molar-refractivity contribution in [1.82, 2.24) is 15.5 Å². The van der Waals surface area contributed by atoms with Gasteiger partial charge in [-0.3, -0.25) is 5.10 Å². The lowest BCUT2D eigenvalue weighted by Crippen LogP contribution is -2.26. The fourth-order valence-electron chi connectivity index (χ4n) is 1.63. The molecule has 14 heavy (non-hydrogen) atoms. The Bertz CT molecular complexity index is 212. The lowest BCUT2D eigenvalue weighted by molar-refractivity contribution is 0.453. The van der Waals surface area contributed by atoms with Gasteiger partial charge in [-0.15, -0.1) is 0 Å². The third-order valence-electron chi connectivity index (χ3n) is 2.30. The molecule has 1 aromatic rings. The van der Waals surface area contributed by atoms with Crippen LogP contribution in [0.2, 0.25) is 0 Å². The fourth-order valence-corrected chi connectivity index (χ4v) is 1.63. The van der Waals surface area contributed by atoms with E-state index in [4.69, 9.17) is 0 Å². The second-order valence-corrected chi connectivity index (χ2v) is 3.74. The number of aromatic amines is 1. The molecule has 0 radical (unpaired) electrons. The van der Waals surface area contributed by atoms with Crippen molar-refractivity contribution in [1.29, 1.82) is 0 Å². The van der Waals surface area contributed by atoms with Crippen LogP contribution in [0.4, 0.5) is 0 Å². The standard InChI is InChI=1S/C8H13N3.C3H8/c1-4-9-5-2-7(1)8-3-6-10-11-8;1-3-2/h3,6-7,9H,1-2,4-5H2,(H,10,11);3H2,1-2H3. The normalized spacial score (nSPS) is 17.3. The summed E-state index contributed by atoms with van der Waals surface area (Å²) in [7, 11) is 0. The summed E-state index contributed by atoms with van der Waals surface area (Å²) in [5.41, 5.74) is 1.30. The van der Waals surface area contributed by atoms with Crippen LogP contribution >= 0.6 is 0 Å². The molecule has 80 valence electrons. The van der Waals surface area contributed by atoms with Gasteiger partial charge in [-0.2, -0.15) is 5.10 Å². The average Bonchev–Trinajstić information content (AvgIpc) is 2.73. The number of rotatable bonds is 1. The van der Waals surface area contributed by atoms with Crippen LogP contribution in [0, 0.1) is 0 Å². The first-order chi connectivity index (χ1) is 6.88. The number of hydrogen-bond donors (Lipinski definition) is 2. The number of piperidine rings is 1. The molecule has 2 N–H and O–H groups in total. The van der Waals surface area contributed by atoms with Crippen LogP contribution in [0.15, 0.2) is 12.3 Å². The van der Waals surface area contributed by atoms with Gasteiger partial charge in [0.05, 0.1) is 0 Å².